The largest absolute Gasteiger partial charge is 0.496 e. The van der Waals surface area contributed by atoms with Crippen LogP contribution < -0.4 is 4.74 Å². The van der Waals surface area contributed by atoms with E-state index in [0.717, 1.165) is 28.3 Å². The molecule has 0 bridgehead atoms. The van der Waals surface area contributed by atoms with E-state index in [1.807, 2.05) is 39.0 Å². The van der Waals surface area contributed by atoms with E-state index in [1.165, 1.54) is 0 Å². The van der Waals surface area contributed by atoms with Crippen molar-refractivity contribution in [1.82, 2.24) is 9.97 Å². The SMILES string of the molecule is COc1ccc(C)cc1-c1nc(C)c(C)nc1Cl. The summed E-state index contributed by atoms with van der Waals surface area (Å²) in [6.45, 7) is 5.83. The minimum atomic E-state index is 0.405. The molecule has 0 saturated heterocycles. The Kier molecular flexibility index (Phi) is 3.53. The number of halogens is 1. The average Bonchev–Trinajstić information content (AvgIpc) is 2.34. The zero-order valence-corrected chi connectivity index (χ0v) is 11.7. The number of aryl methyl sites for hydroxylation is 3. The molecule has 0 fully saturated rings. The molecule has 0 N–H and O–H groups in total. The second-order valence-corrected chi connectivity index (χ2v) is 4.60. The van der Waals surface area contributed by atoms with Crippen molar-refractivity contribution in [2.45, 2.75) is 20.8 Å². The van der Waals surface area contributed by atoms with Crippen molar-refractivity contribution in [1.29, 1.82) is 0 Å². The van der Waals surface area contributed by atoms with E-state index in [-0.39, 0.29) is 0 Å². The van der Waals surface area contributed by atoms with E-state index < -0.39 is 0 Å². The number of hydrogen-bond donors (Lipinski definition) is 0. The Hall–Kier alpha value is -1.61. The standard InChI is InChI=1S/C14H15ClN2O/c1-8-5-6-12(18-4)11(7-8)13-14(15)17-10(3)9(2)16-13/h5-7H,1-4H3. The van der Waals surface area contributed by atoms with E-state index in [0.29, 0.717) is 10.8 Å². The van der Waals surface area contributed by atoms with Gasteiger partial charge in [-0.05, 0) is 32.9 Å². The van der Waals surface area contributed by atoms with Gasteiger partial charge in [-0.1, -0.05) is 23.2 Å². The molecule has 4 heteroatoms. The van der Waals surface area contributed by atoms with E-state index in [4.69, 9.17) is 16.3 Å². The fourth-order valence-electron chi connectivity index (χ4n) is 1.75. The molecule has 2 aromatic rings. The fourth-order valence-corrected chi connectivity index (χ4v) is 2.02. The number of aromatic nitrogens is 2. The van der Waals surface area contributed by atoms with Gasteiger partial charge in [0.05, 0.1) is 18.5 Å². The number of hydrogen-bond acceptors (Lipinski definition) is 3. The summed E-state index contributed by atoms with van der Waals surface area (Å²) in [5.41, 5.74) is 4.38. The molecule has 0 spiro atoms. The number of nitrogens with zero attached hydrogens (tertiary/aromatic N) is 2. The Morgan fingerprint density at radius 2 is 1.72 bits per heavy atom. The lowest BCUT2D eigenvalue weighted by molar-refractivity contribution is 0.416. The summed E-state index contributed by atoms with van der Waals surface area (Å²) >= 11 is 6.19. The molecule has 0 unspecified atom stereocenters. The van der Waals surface area contributed by atoms with Crippen LogP contribution in [0.15, 0.2) is 18.2 Å². The molecule has 0 aliphatic carbocycles. The minimum absolute atomic E-state index is 0.405. The van der Waals surface area contributed by atoms with Crippen LogP contribution >= 0.6 is 11.6 Å². The molecule has 0 saturated carbocycles. The van der Waals surface area contributed by atoms with Crippen LogP contribution in [0, 0.1) is 20.8 Å². The molecule has 2 rings (SSSR count). The van der Waals surface area contributed by atoms with Gasteiger partial charge in [0.2, 0.25) is 0 Å². The maximum atomic E-state index is 6.19. The smallest absolute Gasteiger partial charge is 0.155 e. The molecule has 0 radical (unpaired) electrons. The van der Waals surface area contributed by atoms with Gasteiger partial charge in [-0.15, -0.1) is 0 Å². The predicted molar refractivity (Wildman–Crippen MR) is 73.2 cm³/mol. The van der Waals surface area contributed by atoms with Crippen LogP contribution in [-0.2, 0) is 0 Å². The van der Waals surface area contributed by atoms with E-state index >= 15 is 0 Å². The van der Waals surface area contributed by atoms with Crippen LogP contribution in [0.25, 0.3) is 11.3 Å². The number of methoxy groups -OCH3 is 1. The third-order valence-corrected chi connectivity index (χ3v) is 3.14. The Morgan fingerprint density at radius 1 is 1.06 bits per heavy atom. The molecular weight excluding hydrogens is 248 g/mol. The van der Waals surface area contributed by atoms with Crippen LogP contribution in [-0.4, -0.2) is 17.1 Å². The average molecular weight is 263 g/mol. The topological polar surface area (TPSA) is 35.0 Å². The fraction of sp³-hybridized carbons (Fsp3) is 0.286. The summed E-state index contributed by atoms with van der Waals surface area (Å²) in [4.78, 5) is 8.82. The second kappa shape index (κ2) is 4.94. The molecule has 0 aliphatic heterocycles. The quantitative estimate of drug-likeness (QED) is 0.827. The van der Waals surface area contributed by atoms with Gasteiger partial charge < -0.3 is 4.74 Å². The van der Waals surface area contributed by atoms with E-state index in [2.05, 4.69) is 9.97 Å². The molecule has 94 valence electrons. The maximum Gasteiger partial charge on any atom is 0.155 e. The van der Waals surface area contributed by atoms with Gasteiger partial charge in [-0.25, -0.2) is 9.97 Å². The highest BCUT2D eigenvalue weighted by Gasteiger charge is 2.14. The van der Waals surface area contributed by atoms with Gasteiger partial charge in [-0.3, -0.25) is 0 Å². The van der Waals surface area contributed by atoms with E-state index in [1.54, 1.807) is 7.11 Å². The van der Waals surface area contributed by atoms with Gasteiger partial charge in [-0.2, -0.15) is 0 Å². The molecule has 3 nitrogen and oxygen atoms in total. The maximum absolute atomic E-state index is 6.19. The first kappa shape index (κ1) is 12.8. The third-order valence-electron chi connectivity index (χ3n) is 2.87. The van der Waals surface area contributed by atoms with Crippen LogP contribution in [0.4, 0.5) is 0 Å². The molecule has 0 amide bonds. The lowest BCUT2D eigenvalue weighted by Gasteiger charge is -2.11. The van der Waals surface area contributed by atoms with Crippen molar-refractivity contribution >= 4 is 11.6 Å². The van der Waals surface area contributed by atoms with Gasteiger partial charge >= 0.3 is 0 Å². The second-order valence-electron chi connectivity index (χ2n) is 4.24. The third kappa shape index (κ3) is 2.31. The number of rotatable bonds is 2. The normalized spacial score (nSPS) is 10.5. The van der Waals surface area contributed by atoms with Crippen LogP contribution in [0.3, 0.4) is 0 Å². The van der Waals surface area contributed by atoms with Gasteiger partial charge in [0.1, 0.15) is 11.4 Å². The van der Waals surface area contributed by atoms with Crippen LogP contribution in [0.5, 0.6) is 5.75 Å². The Morgan fingerprint density at radius 3 is 2.39 bits per heavy atom. The first-order valence-electron chi connectivity index (χ1n) is 5.68. The van der Waals surface area contributed by atoms with Crippen molar-refractivity contribution in [2.75, 3.05) is 7.11 Å². The molecule has 1 aromatic carbocycles. The summed E-state index contributed by atoms with van der Waals surface area (Å²) in [5.74, 6) is 0.750. The summed E-state index contributed by atoms with van der Waals surface area (Å²) in [6.07, 6.45) is 0. The predicted octanol–water partition coefficient (Wildman–Crippen LogP) is 3.73. The highest BCUT2D eigenvalue weighted by Crippen LogP contribution is 2.33. The minimum Gasteiger partial charge on any atom is -0.496 e. The molecule has 0 atom stereocenters. The van der Waals surface area contributed by atoms with Crippen molar-refractivity contribution in [3.05, 3.63) is 40.3 Å². The monoisotopic (exact) mass is 262 g/mol. The van der Waals surface area contributed by atoms with Gasteiger partial charge in [0.15, 0.2) is 5.15 Å². The first-order chi connectivity index (χ1) is 8.52. The first-order valence-corrected chi connectivity index (χ1v) is 6.06. The molecule has 0 aliphatic rings. The van der Waals surface area contributed by atoms with Gasteiger partial charge in [0.25, 0.3) is 0 Å². The van der Waals surface area contributed by atoms with Gasteiger partial charge in [0, 0.05) is 5.56 Å². The highest BCUT2D eigenvalue weighted by atomic mass is 35.5. The highest BCUT2D eigenvalue weighted by molar-refractivity contribution is 6.31. The lowest BCUT2D eigenvalue weighted by Crippen LogP contribution is -1.98. The molecule has 1 heterocycles. The Balaban J connectivity index is 2.68. The molecule has 1 aromatic heterocycles. The molecular formula is C14H15ClN2O. The summed E-state index contributed by atoms with van der Waals surface area (Å²) in [6, 6.07) is 5.91. The lowest BCUT2D eigenvalue weighted by atomic mass is 10.1. The van der Waals surface area contributed by atoms with Crippen LogP contribution in [0.2, 0.25) is 5.15 Å². The Bertz CT molecular complexity index is 597. The number of ether oxygens (including phenoxy) is 1. The van der Waals surface area contributed by atoms with Crippen LogP contribution in [0.1, 0.15) is 17.0 Å². The molecule has 18 heavy (non-hydrogen) atoms. The van der Waals surface area contributed by atoms with Crippen molar-refractivity contribution in [3.8, 4) is 17.0 Å². The summed E-state index contributed by atoms with van der Waals surface area (Å²) in [5, 5.41) is 0.405. The van der Waals surface area contributed by atoms with E-state index in [9.17, 15) is 0 Å². The van der Waals surface area contributed by atoms with Crippen molar-refractivity contribution in [3.63, 3.8) is 0 Å². The summed E-state index contributed by atoms with van der Waals surface area (Å²) in [7, 11) is 1.64. The zero-order chi connectivity index (χ0) is 13.3. The summed E-state index contributed by atoms with van der Waals surface area (Å²) < 4.78 is 5.35. The van der Waals surface area contributed by atoms with Crippen molar-refractivity contribution in [2.24, 2.45) is 0 Å². The zero-order valence-electron chi connectivity index (χ0n) is 10.9. The van der Waals surface area contributed by atoms with Crippen molar-refractivity contribution < 1.29 is 4.74 Å². The Labute approximate surface area is 112 Å². The number of benzene rings is 1.